The van der Waals surface area contributed by atoms with Crippen LogP contribution in [0.1, 0.15) is 13.3 Å². The van der Waals surface area contributed by atoms with Gasteiger partial charge >= 0.3 is 0 Å². The van der Waals surface area contributed by atoms with Crippen LogP contribution in [0, 0.1) is 11.8 Å². The summed E-state index contributed by atoms with van der Waals surface area (Å²) in [5.74, 6) is 2.22. The predicted molar refractivity (Wildman–Crippen MR) is 38.7 cm³/mol. The van der Waals surface area contributed by atoms with Gasteiger partial charge in [-0.1, -0.05) is 0 Å². The van der Waals surface area contributed by atoms with Gasteiger partial charge in [0, 0.05) is 13.1 Å². The Kier molecular flexibility index (Phi) is 1.31. The van der Waals surface area contributed by atoms with E-state index in [0.717, 1.165) is 11.8 Å². The second kappa shape index (κ2) is 2.06. The number of piperidine rings is 1. The van der Waals surface area contributed by atoms with Crippen LogP contribution >= 0.6 is 0 Å². The van der Waals surface area contributed by atoms with Gasteiger partial charge in [0.25, 0.3) is 0 Å². The molecule has 1 aliphatic carbocycles. The van der Waals surface area contributed by atoms with Crippen LogP contribution in [0.3, 0.4) is 0 Å². The molecule has 0 N–H and O–H groups in total. The first kappa shape index (κ1) is 6.35. The molecular weight excluding hydrogens is 126 g/mol. The molecule has 2 unspecified atom stereocenters. The SMILES string of the molecule is CC(=O)CN1CC2CC2C1. The van der Waals surface area contributed by atoms with E-state index >= 15 is 0 Å². The number of carbonyl (C=O) groups excluding carboxylic acids is 1. The van der Waals surface area contributed by atoms with Crippen LogP contribution in [0.15, 0.2) is 0 Å². The van der Waals surface area contributed by atoms with E-state index in [1.807, 2.05) is 0 Å². The number of likely N-dealkylation sites (tertiary alicyclic amines) is 1. The lowest BCUT2D eigenvalue weighted by Crippen LogP contribution is -2.27. The summed E-state index contributed by atoms with van der Waals surface area (Å²) >= 11 is 0. The Labute approximate surface area is 61.2 Å². The van der Waals surface area contributed by atoms with E-state index in [-0.39, 0.29) is 0 Å². The zero-order valence-electron chi connectivity index (χ0n) is 6.34. The highest BCUT2D eigenvalue weighted by Gasteiger charge is 2.44. The Bertz CT molecular complexity index is 157. The molecule has 0 amide bonds. The topological polar surface area (TPSA) is 20.3 Å². The maximum Gasteiger partial charge on any atom is 0.143 e. The first-order valence-corrected chi connectivity index (χ1v) is 3.97. The number of fused-ring (bicyclic) bond motifs is 1. The summed E-state index contributed by atoms with van der Waals surface area (Å²) in [5.41, 5.74) is 0. The molecule has 0 bridgehead atoms. The lowest BCUT2D eigenvalue weighted by molar-refractivity contribution is -0.118. The van der Waals surface area contributed by atoms with Gasteiger partial charge in [0.2, 0.25) is 0 Å². The lowest BCUT2D eigenvalue weighted by Gasteiger charge is -2.14. The fourth-order valence-electron chi connectivity index (χ4n) is 1.94. The molecule has 0 radical (unpaired) electrons. The van der Waals surface area contributed by atoms with Crippen LogP contribution in [0.25, 0.3) is 0 Å². The van der Waals surface area contributed by atoms with Crippen LogP contribution in [0.2, 0.25) is 0 Å². The summed E-state index contributed by atoms with van der Waals surface area (Å²) in [6, 6.07) is 0. The molecule has 56 valence electrons. The molecule has 2 rings (SSSR count). The fraction of sp³-hybridized carbons (Fsp3) is 0.875. The highest BCUT2D eigenvalue weighted by atomic mass is 16.1. The number of rotatable bonds is 2. The van der Waals surface area contributed by atoms with Gasteiger partial charge in [0.15, 0.2) is 0 Å². The van der Waals surface area contributed by atoms with Gasteiger partial charge in [-0.3, -0.25) is 9.69 Å². The molecule has 2 fully saturated rings. The second-order valence-corrected chi connectivity index (χ2v) is 3.65. The maximum atomic E-state index is 10.7. The van der Waals surface area contributed by atoms with E-state index in [1.165, 1.54) is 19.5 Å². The molecule has 1 saturated carbocycles. The Hall–Kier alpha value is -0.370. The van der Waals surface area contributed by atoms with Crippen molar-refractivity contribution in [3.05, 3.63) is 0 Å². The van der Waals surface area contributed by atoms with Crippen molar-refractivity contribution in [2.75, 3.05) is 19.6 Å². The van der Waals surface area contributed by atoms with Crippen molar-refractivity contribution in [3.63, 3.8) is 0 Å². The van der Waals surface area contributed by atoms with E-state index in [4.69, 9.17) is 0 Å². The molecular formula is C8H13NO. The highest BCUT2D eigenvalue weighted by Crippen LogP contribution is 2.44. The van der Waals surface area contributed by atoms with Crippen molar-refractivity contribution in [3.8, 4) is 0 Å². The molecule has 1 saturated heterocycles. The maximum absolute atomic E-state index is 10.7. The number of nitrogens with zero attached hydrogens (tertiary/aromatic N) is 1. The van der Waals surface area contributed by atoms with Crippen LogP contribution in [0.5, 0.6) is 0 Å². The van der Waals surface area contributed by atoms with E-state index < -0.39 is 0 Å². The molecule has 1 heterocycles. The number of hydrogen-bond acceptors (Lipinski definition) is 2. The Morgan fingerprint density at radius 3 is 2.60 bits per heavy atom. The summed E-state index contributed by atoms with van der Waals surface area (Å²) < 4.78 is 0. The van der Waals surface area contributed by atoms with Crippen molar-refractivity contribution >= 4 is 5.78 Å². The minimum Gasteiger partial charge on any atom is -0.299 e. The van der Waals surface area contributed by atoms with Crippen molar-refractivity contribution < 1.29 is 4.79 Å². The molecule has 0 aromatic carbocycles. The summed E-state index contributed by atoms with van der Waals surface area (Å²) in [5, 5.41) is 0. The standard InChI is InChI=1S/C8H13NO/c1-6(10)3-9-4-7-2-8(7)5-9/h7-8H,2-5H2,1H3. The molecule has 0 aromatic heterocycles. The summed E-state index contributed by atoms with van der Waals surface area (Å²) in [4.78, 5) is 13.0. The first-order valence-electron chi connectivity index (χ1n) is 3.97. The zero-order valence-corrected chi connectivity index (χ0v) is 6.34. The van der Waals surface area contributed by atoms with Crippen molar-refractivity contribution in [2.24, 2.45) is 11.8 Å². The Morgan fingerprint density at radius 1 is 1.50 bits per heavy atom. The first-order chi connectivity index (χ1) is 4.75. The van der Waals surface area contributed by atoms with Gasteiger partial charge in [-0.2, -0.15) is 0 Å². The van der Waals surface area contributed by atoms with Crippen LogP contribution in [-0.4, -0.2) is 30.3 Å². The fourth-order valence-corrected chi connectivity index (χ4v) is 1.94. The summed E-state index contributed by atoms with van der Waals surface area (Å²) in [6.07, 6.45) is 1.43. The molecule has 2 atom stereocenters. The van der Waals surface area contributed by atoms with E-state index in [2.05, 4.69) is 4.90 Å². The zero-order chi connectivity index (χ0) is 7.14. The van der Waals surface area contributed by atoms with Crippen LogP contribution in [0.4, 0.5) is 0 Å². The van der Waals surface area contributed by atoms with Crippen LogP contribution < -0.4 is 0 Å². The molecule has 0 spiro atoms. The molecule has 10 heavy (non-hydrogen) atoms. The van der Waals surface area contributed by atoms with Gasteiger partial charge in [-0.15, -0.1) is 0 Å². The number of ketones is 1. The van der Waals surface area contributed by atoms with Crippen molar-refractivity contribution in [2.45, 2.75) is 13.3 Å². The number of Topliss-reactive ketones (excluding diaryl/α,β-unsaturated/α-hetero) is 1. The average Bonchev–Trinajstić information content (AvgIpc) is 2.39. The van der Waals surface area contributed by atoms with Gasteiger partial charge in [-0.25, -0.2) is 0 Å². The highest BCUT2D eigenvalue weighted by molar-refractivity contribution is 5.77. The average molecular weight is 139 g/mol. The van der Waals surface area contributed by atoms with Gasteiger partial charge in [-0.05, 0) is 25.2 Å². The minimum absolute atomic E-state index is 0.307. The molecule has 0 aromatic rings. The minimum atomic E-state index is 0.307. The quantitative estimate of drug-likeness (QED) is 0.556. The second-order valence-electron chi connectivity index (χ2n) is 3.65. The predicted octanol–water partition coefficient (Wildman–Crippen LogP) is 0.527. The smallest absolute Gasteiger partial charge is 0.143 e. The van der Waals surface area contributed by atoms with Gasteiger partial charge < -0.3 is 0 Å². The van der Waals surface area contributed by atoms with Gasteiger partial charge in [0.05, 0.1) is 6.54 Å². The third-order valence-electron chi connectivity index (χ3n) is 2.50. The third kappa shape index (κ3) is 1.08. The normalized spacial score (nSPS) is 37.7. The monoisotopic (exact) mass is 139 g/mol. The Balaban J connectivity index is 1.80. The lowest BCUT2D eigenvalue weighted by atomic mass is 10.4. The molecule has 2 aliphatic rings. The largest absolute Gasteiger partial charge is 0.299 e. The Morgan fingerprint density at radius 2 is 2.10 bits per heavy atom. The molecule has 2 nitrogen and oxygen atoms in total. The third-order valence-corrected chi connectivity index (χ3v) is 2.50. The van der Waals surface area contributed by atoms with Crippen LogP contribution in [-0.2, 0) is 4.79 Å². The van der Waals surface area contributed by atoms with E-state index in [9.17, 15) is 4.79 Å². The molecule has 2 heteroatoms. The number of carbonyl (C=O) groups is 1. The van der Waals surface area contributed by atoms with E-state index in [1.54, 1.807) is 6.92 Å². The summed E-state index contributed by atoms with van der Waals surface area (Å²) in [6.45, 7) is 4.73. The summed E-state index contributed by atoms with van der Waals surface area (Å²) in [7, 11) is 0. The van der Waals surface area contributed by atoms with Gasteiger partial charge in [0.1, 0.15) is 5.78 Å². The van der Waals surface area contributed by atoms with Crippen molar-refractivity contribution in [1.29, 1.82) is 0 Å². The molecule has 1 aliphatic heterocycles. The van der Waals surface area contributed by atoms with E-state index in [0.29, 0.717) is 12.3 Å². The van der Waals surface area contributed by atoms with Crippen molar-refractivity contribution in [1.82, 2.24) is 4.90 Å². The number of hydrogen-bond donors (Lipinski definition) is 0.